The number of para-hydroxylation sites is 1. The highest BCUT2D eigenvalue weighted by Gasteiger charge is 2.37. The molecule has 4 heterocycles. The second kappa shape index (κ2) is 9.58. The maximum absolute atomic E-state index is 13.0. The van der Waals surface area contributed by atoms with E-state index in [1.807, 2.05) is 78.0 Å². The number of likely N-dealkylation sites (tertiary alicyclic amines) is 1. The lowest BCUT2D eigenvalue weighted by molar-refractivity contribution is 0.0948. The number of nitrogens with zero attached hydrogens (tertiary/aromatic N) is 8. The van der Waals surface area contributed by atoms with E-state index in [4.69, 9.17) is 15.6 Å². The normalized spacial score (nSPS) is 19.5. The topological polar surface area (TPSA) is 130 Å². The molecule has 0 spiro atoms. The van der Waals surface area contributed by atoms with Gasteiger partial charge in [-0.1, -0.05) is 18.2 Å². The number of nitrogens with two attached hydrogens (primary N) is 1. The highest BCUT2D eigenvalue weighted by Crippen LogP contribution is 2.37. The zero-order chi connectivity index (χ0) is 26.2. The van der Waals surface area contributed by atoms with Crippen LogP contribution >= 0.6 is 0 Å². The van der Waals surface area contributed by atoms with Gasteiger partial charge >= 0.3 is 6.03 Å². The summed E-state index contributed by atoms with van der Waals surface area (Å²) in [6.07, 6.45) is 5.66. The van der Waals surface area contributed by atoms with Crippen LogP contribution in [0.3, 0.4) is 0 Å². The molecular weight excluding hydrogens is 482 g/mol. The number of carbonyl (C=O) groups excluding carboxylic acids is 1. The maximum Gasteiger partial charge on any atom is 0.346 e. The summed E-state index contributed by atoms with van der Waals surface area (Å²) in [4.78, 5) is 27.6. The maximum atomic E-state index is 13.0. The number of amides is 1. The van der Waals surface area contributed by atoms with E-state index in [0.717, 1.165) is 17.1 Å². The Hall–Kier alpha value is -4.80. The number of carbonyl (C=O) groups is 1. The largest absolute Gasteiger partial charge is 0.457 e. The summed E-state index contributed by atoms with van der Waals surface area (Å²) in [5.41, 5.74) is 8.62. The van der Waals surface area contributed by atoms with Crippen molar-refractivity contribution >= 4 is 22.9 Å². The Balaban J connectivity index is 1.31. The van der Waals surface area contributed by atoms with Crippen molar-refractivity contribution in [3.05, 3.63) is 73.6 Å². The van der Waals surface area contributed by atoms with Gasteiger partial charge in [-0.05, 0) is 63.1 Å². The van der Waals surface area contributed by atoms with E-state index in [0.29, 0.717) is 35.4 Å². The summed E-state index contributed by atoms with van der Waals surface area (Å²) >= 11 is 0. The predicted octanol–water partition coefficient (Wildman–Crippen LogP) is 4.54. The SMILES string of the molecule is CC1CC(n2nc(-c3ccc(Oc4ccccc4)cc3)c3c(N)ncnc32)CC(C)N1C(=O)n1cncn1. The standard InChI is InChI=1S/C27H27N9O2/c1-17-12-20(13-18(2)35(17)27(37)34-16-29-14-32-34)36-26-23(25(28)30-15-31-26)24(33-36)19-8-10-22(11-9-19)38-21-6-4-3-5-7-21/h3-11,14-18,20H,12-13H2,1-2H3,(H2,28,30,31). The van der Waals surface area contributed by atoms with E-state index in [9.17, 15) is 4.79 Å². The molecule has 1 amide bonds. The average Bonchev–Trinajstić information content (AvgIpc) is 3.59. The van der Waals surface area contributed by atoms with Crippen molar-refractivity contribution in [1.82, 2.24) is 39.4 Å². The van der Waals surface area contributed by atoms with E-state index >= 15 is 0 Å². The van der Waals surface area contributed by atoms with Crippen molar-refractivity contribution in [2.24, 2.45) is 0 Å². The van der Waals surface area contributed by atoms with Crippen molar-refractivity contribution in [3.63, 3.8) is 0 Å². The Morgan fingerprint density at radius 3 is 2.34 bits per heavy atom. The number of fused-ring (bicyclic) bond motifs is 1. The van der Waals surface area contributed by atoms with Crippen LogP contribution in [-0.2, 0) is 0 Å². The molecule has 3 aromatic heterocycles. The molecular formula is C27H27N9O2. The number of piperidine rings is 1. The lowest BCUT2D eigenvalue weighted by Crippen LogP contribution is -2.51. The number of hydrogen-bond acceptors (Lipinski definition) is 8. The van der Waals surface area contributed by atoms with Crippen LogP contribution in [0.15, 0.2) is 73.6 Å². The van der Waals surface area contributed by atoms with Crippen LogP contribution < -0.4 is 10.5 Å². The summed E-state index contributed by atoms with van der Waals surface area (Å²) in [6.45, 7) is 4.08. The van der Waals surface area contributed by atoms with Crippen molar-refractivity contribution < 1.29 is 9.53 Å². The smallest absolute Gasteiger partial charge is 0.346 e. The molecule has 11 nitrogen and oxygen atoms in total. The summed E-state index contributed by atoms with van der Waals surface area (Å²) in [6, 6.07) is 17.1. The quantitative estimate of drug-likeness (QED) is 0.374. The van der Waals surface area contributed by atoms with Crippen LogP contribution in [0, 0.1) is 0 Å². The second-order valence-electron chi connectivity index (χ2n) is 9.54. The van der Waals surface area contributed by atoms with Gasteiger partial charge in [0.25, 0.3) is 0 Å². The summed E-state index contributed by atoms with van der Waals surface area (Å²) in [5.74, 6) is 1.87. The van der Waals surface area contributed by atoms with Gasteiger partial charge in [0.05, 0.1) is 11.4 Å². The highest BCUT2D eigenvalue weighted by molar-refractivity contribution is 5.98. The molecule has 0 aliphatic carbocycles. The molecule has 1 aliphatic heterocycles. The van der Waals surface area contributed by atoms with Gasteiger partial charge in [0.2, 0.25) is 0 Å². The fraction of sp³-hybridized carbons (Fsp3) is 0.259. The van der Waals surface area contributed by atoms with Gasteiger partial charge < -0.3 is 15.4 Å². The third-order valence-corrected chi connectivity index (χ3v) is 6.98. The zero-order valence-corrected chi connectivity index (χ0v) is 21.0. The van der Waals surface area contributed by atoms with Crippen LogP contribution in [-0.4, -0.2) is 57.5 Å². The molecule has 2 aromatic carbocycles. The molecule has 6 rings (SSSR count). The minimum absolute atomic E-state index is 0.0195. The van der Waals surface area contributed by atoms with Gasteiger partial charge in [-0.25, -0.2) is 24.4 Å². The Kier molecular flexibility index (Phi) is 5.95. The molecule has 0 saturated carbocycles. The van der Waals surface area contributed by atoms with E-state index in [1.165, 1.54) is 23.7 Å². The van der Waals surface area contributed by atoms with E-state index in [-0.39, 0.29) is 24.2 Å². The molecule has 2 N–H and O–H groups in total. The molecule has 38 heavy (non-hydrogen) atoms. The van der Waals surface area contributed by atoms with Crippen molar-refractivity contribution in [3.8, 4) is 22.8 Å². The van der Waals surface area contributed by atoms with Crippen molar-refractivity contribution in [2.45, 2.75) is 44.8 Å². The van der Waals surface area contributed by atoms with Gasteiger partial charge in [-0.15, -0.1) is 0 Å². The average molecular weight is 510 g/mol. The first-order valence-corrected chi connectivity index (χ1v) is 12.5. The Morgan fingerprint density at radius 2 is 1.66 bits per heavy atom. The molecule has 2 atom stereocenters. The van der Waals surface area contributed by atoms with Gasteiger partial charge in [-0.2, -0.15) is 14.9 Å². The number of benzene rings is 2. The summed E-state index contributed by atoms with van der Waals surface area (Å²) in [5, 5.41) is 9.73. The third-order valence-electron chi connectivity index (χ3n) is 6.98. The molecule has 1 saturated heterocycles. The predicted molar refractivity (Wildman–Crippen MR) is 142 cm³/mol. The molecule has 1 aliphatic rings. The molecule has 2 unspecified atom stereocenters. The van der Waals surface area contributed by atoms with E-state index in [2.05, 4.69) is 20.1 Å². The molecule has 11 heteroatoms. The molecule has 5 aromatic rings. The molecule has 192 valence electrons. The number of rotatable bonds is 4. The Bertz CT molecular complexity index is 1550. The summed E-state index contributed by atoms with van der Waals surface area (Å²) < 4.78 is 9.16. The van der Waals surface area contributed by atoms with Crippen LogP contribution in [0.4, 0.5) is 10.6 Å². The van der Waals surface area contributed by atoms with Crippen LogP contribution in [0.2, 0.25) is 0 Å². The van der Waals surface area contributed by atoms with Gasteiger partial charge in [0.1, 0.15) is 42.0 Å². The van der Waals surface area contributed by atoms with E-state index in [1.54, 1.807) is 0 Å². The summed E-state index contributed by atoms with van der Waals surface area (Å²) in [7, 11) is 0. The number of hydrogen-bond donors (Lipinski definition) is 1. The van der Waals surface area contributed by atoms with Crippen LogP contribution in [0.5, 0.6) is 11.5 Å². The number of ether oxygens (including phenoxy) is 1. The van der Waals surface area contributed by atoms with Gasteiger partial charge in [0.15, 0.2) is 5.65 Å². The Morgan fingerprint density at radius 1 is 0.947 bits per heavy atom. The van der Waals surface area contributed by atoms with E-state index < -0.39 is 0 Å². The first-order chi connectivity index (χ1) is 18.5. The van der Waals surface area contributed by atoms with Crippen molar-refractivity contribution in [1.29, 1.82) is 0 Å². The van der Waals surface area contributed by atoms with Crippen molar-refractivity contribution in [2.75, 3.05) is 5.73 Å². The van der Waals surface area contributed by atoms with Gasteiger partial charge in [-0.3, -0.25) is 0 Å². The minimum Gasteiger partial charge on any atom is -0.457 e. The first kappa shape index (κ1) is 23.6. The molecule has 0 bridgehead atoms. The minimum atomic E-state index is -0.184. The van der Waals surface area contributed by atoms with Crippen LogP contribution in [0.25, 0.3) is 22.3 Å². The lowest BCUT2D eigenvalue weighted by atomic mass is 9.93. The number of aromatic nitrogens is 7. The number of anilines is 1. The van der Waals surface area contributed by atoms with Gasteiger partial charge in [0, 0.05) is 17.6 Å². The van der Waals surface area contributed by atoms with Crippen LogP contribution in [0.1, 0.15) is 32.7 Å². The fourth-order valence-electron chi connectivity index (χ4n) is 5.30. The highest BCUT2D eigenvalue weighted by atomic mass is 16.5. The first-order valence-electron chi connectivity index (χ1n) is 12.5. The lowest BCUT2D eigenvalue weighted by Gasteiger charge is -2.42. The molecule has 0 radical (unpaired) electrons. The second-order valence-corrected chi connectivity index (χ2v) is 9.54. The molecule has 1 fully saturated rings. The Labute approximate surface area is 218 Å². The fourth-order valence-corrected chi connectivity index (χ4v) is 5.30. The zero-order valence-electron chi connectivity index (χ0n) is 21.0. The number of nitrogen functional groups attached to an aromatic ring is 1. The monoisotopic (exact) mass is 509 g/mol. The third kappa shape index (κ3) is 4.21.